The number of amides is 4. The third kappa shape index (κ3) is 8.96. The predicted molar refractivity (Wildman–Crippen MR) is 158 cm³/mol. The van der Waals surface area contributed by atoms with Gasteiger partial charge in [-0.2, -0.15) is 0 Å². The number of ether oxygens (including phenoxy) is 2. The number of nitrogens with two attached hydrogens (primary N) is 1. The average molecular weight is 569 g/mol. The molecule has 0 aliphatic heterocycles. The van der Waals surface area contributed by atoms with Gasteiger partial charge in [-0.15, -0.1) is 0 Å². The summed E-state index contributed by atoms with van der Waals surface area (Å²) in [4.78, 5) is 54.9. The summed E-state index contributed by atoms with van der Waals surface area (Å²) in [6.45, 7) is 14.4. The van der Waals surface area contributed by atoms with Crippen LogP contribution in [0.5, 0.6) is 5.75 Å². The minimum absolute atomic E-state index is 0.461. The van der Waals surface area contributed by atoms with Crippen molar-refractivity contribution in [1.82, 2.24) is 10.2 Å². The second-order valence-electron chi connectivity index (χ2n) is 11.7. The van der Waals surface area contributed by atoms with Crippen molar-refractivity contribution in [3.05, 3.63) is 59.2 Å². The number of carbonyl (C=O) groups excluding carboxylic acids is 4. The van der Waals surface area contributed by atoms with Crippen LogP contribution < -0.4 is 21.1 Å². The lowest BCUT2D eigenvalue weighted by Crippen LogP contribution is -2.59. The summed E-state index contributed by atoms with van der Waals surface area (Å²) < 4.78 is 10.6. The number of carbonyl (C=O) groups is 4. The van der Waals surface area contributed by atoms with Crippen LogP contribution in [0.1, 0.15) is 77.1 Å². The van der Waals surface area contributed by atoms with Crippen LogP contribution in [-0.4, -0.2) is 53.0 Å². The highest BCUT2D eigenvalue weighted by Gasteiger charge is 2.44. The summed E-state index contributed by atoms with van der Waals surface area (Å²) in [5, 5.41) is 5.46. The van der Waals surface area contributed by atoms with Gasteiger partial charge in [0.1, 0.15) is 23.4 Å². The highest BCUT2D eigenvalue weighted by Crippen LogP contribution is 2.36. The fraction of sp³-hybridized carbons (Fsp3) is 0.484. The topological polar surface area (TPSA) is 140 Å². The van der Waals surface area contributed by atoms with Crippen LogP contribution in [0.25, 0.3) is 0 Å². The number of aryl methyl sites for hydroxylation is 2. The molecule has 0 spiro atoms. The van der Waals surface area contributed by atoms with Crippen molar-refractivity contribution in [3.8, 4) is 5.75 Å². The molecule has 0 radical (unpaired) electrons. The van der Waals surface area contributed by atoms with Gasteiger partial charge in [0.2, 0.25) is 11.8 Å². The van der Waals surface area contributed by atoms with Crippen molar-refractivity contribution in [3.63, 3.8) is 0 Å². The Morgan fingerprint density at radius 2 is 1.51 bits per heavy atom. The Labute approximate surface area is 242 Å². The fourth-order valence-electron chi connectivity index (χ4n) is 4.49. The summed E-state index contributed by atoms with van der Waals surface area (Å²) in [6, 6.07) is 9.99. The van der Waals surface area contributed by atoms with Crippen LogP contribution in [0.15, 0.2) is 42.5 Å². The number of rotatable bonds is 11. The van der Waals surface area contributed by atoms with Crippen molar-refractivity contribution in [1.29, 1.82) is 0 Å². The van der Waals surface area contributed by atoms with Gasteiger partial charge in [-0.1, -0.05) is 25.1 Å². The average Bonchev–Trinajstić information content (AvgIpc) is 2.86. The molecule has 0 aliphatic rings. The van der Waals surface area contributed by atoms with Crippen LogP contribution in [0.4, 0.5) is 10.5 Å². The van der Waals surface area contributed by atoms with E-state index in [1.54, 1.807) is 52.1 Å². The van der Waals surface area contributed by atoms with Gasteiger partial charge < -0.3 is 30.7 Å². The second kappa shape index (κ2) is 13.5. The third-order valence-corrected chi connectivity index (χ3v) is 6.83. The molecule has 4 N–H and O–H groups in total. The molecule has 10 heteroatoms. The molecule has 0 heterocycles. The van der Waals surface area contributed by atoms with Gasteiger partial charge in [-0.3, -0.25) is 14.4 Å². The molecule has 10 nitrogen and oxygen atoms in total. The van der Waals surface area contributed by atoms with Gasteiger partial charge in [-0.25, -0.2) is 4.79 Å². The van der Waals surface area contributed by atoms with Crippen molar-refractivity contribution in [2.24, 2.45) is 5.73 Å². The monoisotopic (exact) mass is 568 g/mol. The van der Waals surface area contributed by atoms with Crippen molar-refractivity contribution >= 4 is 29.5 Å². The van der Waals surface area contributed by atoms with Gasteiger partial charge in [0.25, 0.3) is 5.91 Å². The maximum absolute atomic E-state index is 14.4. The summed E-state index contributed by atoms with van der Waals surface area (Å²) >= 11 is 0. The zero-order chi connectivity index (χ0) is 31.1. The van der Waals surface area contributed by atoms with Gasteiger partial charge in [0.05, 0.1) is 13.5 Å². The molecule has 2 unspecified atom stereocenters. The zero-order valence-electron chi connectivity index (χ0n) is 25.6. The van der Waals surface area contributed by atoms with Crippen LogP contribution in [0.2, 0.25) is 0 Å². The van der Waals surface area contributed by atoms with E-state index in [4.69, 9.17) is 15.2 Å². The molecule has 0 bridgehead atoms. The molecular weight excluding hydrogens is 524 g/mol. The largest absolute Gasteiger partial charge is 0.497 e. The molecular formula is C31H44N4O6. The Balaban J connectivity index is 2.70. The van der Waals surface area contributed by atoms with E-state index in [0.29, 0.717) is 23.4 Å². The molecule has 224 valence electrons. The number of anilines is 1. The van der Waals surface area contributed by atoms with Crippen LogP contribution in [0, 0.1) is 13.8 Å². The Morgan fingerprint density at radius 3 is 1.98 bits per heavy atom. The first-order chi connectivity index (χ1) is 19.0. The number of nitrogens with one attached hydrogen (secondary N) is 2. The van der Waals surface area contributed by atoms with E-state index in [0.717, 1.165) is 11.1 Å². The lowest BCUT2D eigenvalue weighted by Gasteiger charge is -2.45. The molecule has 2 aromatic rings. The van der Waals surface area contributed by atoms with E-state index >= 15 is 0 Å². The molecule has 4 amide bonds. The van der Waals surface area contributed by atoms with Crippen LogP contribution in [-0.2, 0) is 19.1 Å². The zero-order valence-corrected chi connectivity index (χ0v) is 25.6. The number of benzene rings is 2. The van der Waals surface area contributed by atoms with Crippen molar-refractivity contribution in [2.45, 2.75) is 91.5 Å². The molecule has 0 aliphatic carbocycles. The number of methoxy groups -OCH3 is 1. The number of alkyl carbamates (subject to hydrolysis) is 1. The van der Waals surface area contributed by atoms with E-state index in [1.807, 2.05) is 52.8 Å². The van der Waals surface area contributed by atoms with Gasteiger partial charge in [0.15, 0.2) is 0 Å². The van der Waals surface area contributed by atoms with Gasteiger partial charge in [0, 0.05) is 11.2 Å². The molecule has 0 fully saturated rings. The first-order valence-electron chi connectivity index (χ1n) is 13.6. The van der Waals surface area contributed by atoms with Crippen LogP contribution in [0.3, 0.4) is 0 Å². The number of nitrogens with zero attached hydrogens (tertiary/aromatic N) is 1. The standard InChI is InChI=1S/C31H44N4O6/c1-10-31(7,8)35(28(38)23(18-24(32)36)34-29(39)41-30(4,5)6)26(25-19(2)12-11-13-20(25)3)27(37)33-21-14-16-22(40-9)17-15-21/h11-17,23,26H,10,18H2,1-9H3,(H2,32,36)(H,33,37)(H,34,39). The lowest BCUT2D eigenvalue weighted by atomic mass is 9.88. The van der Waals surface area contributed by atoms with Gasteiger partial charge >= 0.3 is 6.09 Å². The van der Waals surface area contributed by atoms with Crippen molar-refractivity contribution < 1.29 is 28.7 Å². The maximum atomic E-state index is 14.4. The maximum Gasteiger partial charge on any atom is 0.408 e. The Morgan fingerprint density at radius 1 is 0.951 bits per heavy atom. The molecule has 0 aromatic heterocycles. The first-order valence-corrected chi connectivity index (χ1v) is 13.6. The third-order valence-electron chi connectivity index (χ3n) is 6.83. The van der Waals surface area contributed by atoms with Gasteiger partial charge in [-0.05, 0) is 95.8 Å². The van der Waals surface area contributed by atoms with E-state index in [-0.39, 0.29) is 0 Å². The highest BCUT2D eigenvalue weighted by atomic mass is 16.6. The smallest absolute Gasteiger partial charge is 0.408 e. The summed E-state index contributed by atoms with van der Waals surface area (Å²) in [6.07, 6.45) is -0.891. The molecule has 0 saturated carbocycles. The SMILES string of the molecule is CCC(C)(C)N(C(=O)C(CC(N)=O)NC(=O)OC(C)(C)C)C(C(=O)Nc1ccc(OC)cc1)c1c(C)cccc1C. The lowest BCUT2D eigenvalue weighted by molar-refractivity contribution is -0.148. The molecule has 2 atom stereocenters. The fourth-order valence-corrected chi connectivity index (χ4v) is 4.49. The normalized spacial score (nSPS) is 13.0. The molecule has 2 rings (SSSR count). The van der Waals surface area contributed by atoms with E-state index in [9.17, 15) is 19.2 Å². The van der Waals surface area contributed by atoms with Crippen molar-refractivity contribution in [2.75, 3.05) is 12.4 Å². The summed E-state index contributed by atoms with van der Waals surface area (Å²) in [7, 11) is 1.55. The second-order valence-corrected chi connectivity index (χ2v) is 11.7. The Hall–Kier alpha value is -4.08. The number of hydrogen-bond acceptors (Lipinski definition) is 6. The van der Waals surface area contributed by atoms with Crippen LogP contribution >= 0.6 is 0 Å². The first kappa shape index (κ1) is 33.1. The Bertz CT molecular complexity index is 1230. The predicted octanol–water partition coefficient (Wildman–Crippen LogP) is 4.78. The minimum Gasteiger partial charge on any atom is -0.497 e. The summed E-state index contributed by atoms with van der Waals surface area (Å²) in [5.41, 5.74) is 6.53. The number of primary amides is 1. The highest BCUT2D eigenvalue weighted by molar-refractivity contribution is 6.00. The quantitative estimate of drug-likeness (QED) is 0.356. The Kier molecular flexibility index (Phi) is 10.9. The molecule has 41 heavy (non-hydrogen) atoms. The minimum atomic E-state index is -1.37. The molecule has 2 aromatic carbocycles. The molecule has 0 saturated heterocycles. The number of hydrogen-bond donors (Lipinski definition) is 3. The van der Waals surface area contributed by atoms with E-state index in [1.165, 1.54) is 4.90 Å². The van der Waals surface area contributed by atoms with E-state index < -0.39 is 53.5 Å². The van der Waals surface area contributed by atoms with E-state index in [2.05, 4.69) is 10.6 Å². The summed E-state index contributed by atoms with van der Waals surface area (Å²) in [5.74, 6) is -1.27.